The predicted octanol–water partition coefficient (Wildman–Crippen LogP) is 2.86. The van der Waals surface area contributed by atoms with Crippen molar-refractivity contribution in [3.63, 3.8) is 0 Å². The number of hydrogen-bond donors (Lipinski definition) is 1. The summed E-state index contributed by atoms with van der Waals surface area (Å²) in [7, 11) is 0. The van der Waals surface area contributed by atoms with E-state index in [1.54, 1.807) is 16.3 Å². The van der Waals surface area contributed by atoms with Gasteiger partial charge in [0.05, 0.1) is 22.6 Å². The van der Waals surface area contributed by atoms with Crippen molar-refractivity contribution < 1.29 is 4.79 Å². The lowest BCUT2D eigenvalue weighted by Crippen LogP contribution is -2.29. The zero-order valence-corrected chi connectivity index (χ0v) is 14.5. The largest absolute Gasteiger partial charge is 0.354 e. The van der Waals surface area contributed by atoms with Crippen LogP contribution in [0.25, 0.3) is 0 Å². The molecule has 0 unspecified atom stereocenters. The van der Waals surface area contributed by atoms with Crippen LogP contribution in [0.4, 0.5) is 0 Å². The smallest absolute Gasteiger partial charge is 0.241 e. The maximum atomic E-state index is 11.8. The summed E-state index contributed by atoms with van der Waals surface area (Å²) in [5.41, 5.74) is 1.46. The molecule has 1 N–H and O–H groups in total. The number of nitrogens with one attached hydrogen (secondary N) is 1. The third-order valence-corrected chi connectivity index (χ3v) is 4.51. The van der Waals surface area contributed by atoms with Crippen LogP contribution in [-0.4, -0.2) is 32.0 Å². The molecule has 0 spiro atoms. The van der Waals surface area contributed by atoms with Crippen molar-refractivity contribution in [3.8, 4) is 0 Å². The minimum absolute atomic E-state index is 0.122. The van der Waals surface area contributed by atoms with Gasteiger partial charge in [0, 0.05) is 13.1 Å². The number of hydrogen-bond acceptors (Lipinski definition) is 3. The molecule has 1 amide bonds. The number of amides is 1. The van der Waals surface area contributed by atoms with Gasteiger partial charge in [0.25, 0.3) is 0 Å². The highest BCUT2D eigenvalue weighted by Gasteiger charge is 2.11. The Morgan fingerprint density at radius 2 is 2.00 bits per heavy atom. The van der Waals surface area contributed by atoms with Crippen LogP contribution in [-0.2, 0) is 17.9 Å². The van der Waals surface area contributed by atoms with Gasteiger partial charge in [-0.3, -0.25) is 14.2 Å². The fourth-order valence-corrected chi connectivity index (χ4v) is 2.45. The molecular formula is C13H16Cl3N5O. The fourth-order valence-electron chi connectivity index (χ4n) is 1.91. The molecule has 0 atom stereocenters. The van der Waals surface area contributed by atoms with E-state index in [9.17, 15) is 4.79 Å². The Morgan fingerprint density at radius 1 is 1.27 bits per heavy atom. The lowest BCUT2D eigenvalue weighted by molar-refractivity contribution is -0.121. The number of nitrogens with zero attached hydrogens (tertiary/aromatic N) is 4. The molecule has 120 valence electrons. The standard InChI is InChI=1S/C13H16Cl3N5O/c1-8-12(15)13(16)20(19-8)5-3-4-17-11(22)7-21-9(2)10(14)6-18-21/h6H,3-5,7H2,1-2H3,(H,17,22). The summed E-state index contributed by atoms with van der Waals surface area (Å²) in [6.45, 7) is 4.85. The Bertz CT molecular complexity index is 680. The third kappa shape index (κ3) is 3.94. The average molecular weight is 365 g/mol. The molecule has 2 rings (SSSR count). The first-order chi connectivity index (χ1) is 10.4. The molecule has 0 saturated heterocycles. The number of aromatic nitrogens is 4. The summed E-state index contributed by atoms with van der Waals surface area (Å²) in [5, 5.41) is 12.5. The lowest BCUT2D eigenvalue weighted by atomic mass is 10.4. The quantitative estimate of drug-likeness (QED) is 0.802. The minimum atomic E-state index is -0.122. The minimum Gasteiger partial charge on any atom is -0.354 e. The molecule has 0 aliphatic heterocycles. The van der Waals surface area contributed by atoms with Gasteiger partial charge in [0.1, 0.15) is 16.7 Å². The van der Waals surface area contributed by atoms with Crippen molar-refractivity contribution in [2.45, 2.75) is 33.4 Å². The van der Waals surface area contributed by atoms with Crippen molar-refractivity contribution in [1.82, 2.24) is 24.9 Å². The number of carbonyl (C=O) groups is 1. The first kappa shape index (κ1) is 17.1. The second-order valence-corrected chi connectivity index (χ2v) is 6.00. The van der Waals surface area contributed by atoms with Gasteiger partial charge in [0.15, 0.2) is 0 Å². The van der Waals surface area contributed by atoms with Crippen LogP contribution in [0, 0.1) is 13.8 Å². The summed E-state index contributed by atoms with van der Waals surface area (Å²) < 4.78 is 3.19. The monoisotopic (exact) mass is 363 g/mol. The van der Waals surface area contributed by atoms with E-state index in [0.29, 0.717) is 40.4 Å². The van der Waals surface area contributed by atoms with E-state index in [-0.39, 0.29) is 12.5 Å². The first-order valence-electron chi connectivity index (χ1n) is 6.73. The van der Waals surface area contributed by atoms with Gasteiger partial charge in [-0.2, -0.15) is 10.2 Å². The van der Waals surface area contributed by atoms with E-state index < -0.39 is 0 Å². The molecular weight excluding hydrogens is 349 g/mol. The fraction of sp³-hybridized carbons (Fsp3) is 0.462. The zero-order chi connectivity index (χ0) is 16.3. The molecule has 2 aromatic heterocycles. The van der Waals surface area contributed by atoms with E-state index >= 15 is 0 Å². The average Bonchev–Trinajstić information content (AvgIpc) is 2.92. The lowest BCUT2D eigenvalue weighted by Gasteiger charge is -2.07. The molecule has 9 heteroatoms. The van der Waals surface area contributed by atoms with E-state index in [1.165, 1.54) is 6.20 Å². The Hall–Kier alpha value is -1.24. The van der Waals surface area contributed by atoms with Crippen molar-refractivity contribution in [3.05, 3.63) is 32.8 Å². The first-order valence-corrected chi connectivity index (χ1v) is 7.86. The van der Waals surface area contributed by atoms with E-state index in [1.807, 2.05) is 6.92 Å². The Balaban J connectivity index is 1.75. The third-order valence-electron chi connectivity index (χ3n) is 3.20. The van der Waals surface area contributed by atoms with Crippen LogP contribution < -0.4 is 5.32 Å². The Kier molecular flexibility index (Phi) is 5.72. The van der Waals surface area contributed by atoms with Gasteiger partial charge >= 0.3 is 0 Å². The molecule has 6 nitrogen and oxygen atoms in total. The summed E-state index contributed by atoms with van der Waals surface area (Å²) in [5.74, 6) is -0.122. The van der Waals surface area contributed by atoms with Crippen LogP contribution in [0.3, 0.4) is 0 Å². The van der Waals surface area contributed by atoms with Crippen LogP contribution in [0.1, 0.15) is 17.8 Å². The highest BCUT2D eigenvalue weighted by Crippen LogP contribution is 2.24. The van der Waals surface area contributed by atoms with Crippen molar-refractivity contribution in [2.75, 3.05) is 6.54 Å². The predicted molar refractivity (Wildman–Crippen MR) is 86.6 cm³/mol. The Labute approximate surface area is 143 Å². The van der Waals surface area contributed by atoms with Crippen LogP contribution >= 0.6 is 34.8 Å². The SMILES string of the molecule is Cc1nn(CCCNC(=O)Cn2ncc(Cl)c2C)c(Cl)c1Cl. The van der Waals surface area contributed by atoms with Crippen molar-refractivity contribution in [1.29, 1.82) is 0 Å². The van der Waals surface area contributed by atoms with Gasteiger partial charge in [0.2, 0.25) is 5.91 Å². The maximum absolute atomic E-state index is 11.8. The van der Waals surface area contributed by atoms with Crippen LogP contribution in [0.15, 0.2) is 6.20 Å². The van der Waals surface area contributed by atoms with E-state index in [2.05, 4.69) is 15.5 Å². The van der Waals surface area contributed by atoms with Crippen LogP contribution in [0.2, 0.25) is 15.2 Å². The molecule has 2 aromatic rings. The maximum Gasteiger partial charge on any atom is 0.241 e. The molecule has 0 radical (unpaired) electrons. The van der Waals surface area contributed by atoms with Gasteiger partial charge in [-0.25, -0.2) is 0 Å². The summed E-state index contributed by atoms with van der Waals surface area (Å²) in [4.78, 5) is 11.8. The van der Waals surface area contributed by atoms with Gasteiger partial charge < -0.3 is 5.32 Å². The van der Waals surface area contributed by atoms with E-state index in [4.69, 9.17) is 34.8 Å². The highest BCUT2D eigenvalue weighted by atomic mass is 35.5. The number of carbonyl (C=O) groups excluding carboxylic acids is 1. The molecule has 0 saturated carbocycles. The number of aryl methyl sites for hydroxylation is 2. The number of rotatable bonds is 6. The molecule has 2 heterocycles. The van der Waals surface area contributed by atoms with Gasteiger partial charge in [-0.1, -0.05) is 34.8 Å². The van der Waals surface area contributed by atoms with Crippen molar-refractivity contribution in [2.24, 2.45) is 0 Å². The number of halogens is 3. The second kappa shape index (κ2) is 7.35. The molecule has 0 aliphatic carbocycles. The van der Waals surface area contributed by atoms with Crippen molar-refractivity contribution >= 4 is 40.7 Å². The van der Waals surface area contributed by atoms with Crippen LogP contribution in [0.5, 0.6) is 0 Å². The zero-order valence-electron chi connectivity index (χ0n) is 12.2. The normalized spacial score (nSPS) is 11.0. The Morgan fingerprint density at radius 3 is 2.55 bits per heavy atom. The highest BCUT2D eigenvalue weighted by molar-refractivity contribution is 6.41. The summed E-state index contributed by atoms with van der Waals surface area (Å²) in [6, 6.07) is 0. The van der Waals surface area contributed by atoms with E-state index in [0.717, 1.165) is 5.69 Å². The second-order valence-electron chi connectivity index (χ2n) is 4.85. The summed E-state index contributed by atoms with van der Waals surface area (Å²) in [6.07, 6.45) is 2.22. The molecule has 0 fully saturated rings. The van der Waals surface area contributed by atoms with Gasteiger partial charge in [-0.15, -0.1) is 0 Å². The summed E-state index contributed by atoms with van der Waals surface area (Å²) >= 11 is 17.9. The molecule has 0 aliphatic rings. The topological polar surface area (TPSA) is 64.7 Å². The molecule has 0 aromatic carbocycles. The molecule has 0 bridgehead atoms. The van der Waals surface area contributed by atoms with Gasteiger partial charge in [-0.05, 0) is 20.3 Å². The molecule has 22 heavy (non-hydrogen) atoms.